The fourth-order valence-electron chi connectivity index (χ4n) is 1.44. The quantitative estimate of drug-likeness (QED) is 0.750. The number of aryl methyl sites for hydroxylation is 1. The zero-order chi connectivity index (χ0) is 9.42. The van der Waals surface area contributed by atoms with Gasteiger partial charge in [0, 0.05) is 10.1 Å². The molecule has 0 atom stereocenters. The maximum atomic E-state index is 5.34. The molecule has 13 heavy (non-hydrogen) atoms. The Morgan fingerprint density at radius 3 is 2.85 bits per heavy atom. The summed E-state index contributed by atoms with van der Waals surface area (Å²) in [7, 11) is 1.71. The Morgan fingerprint density at radius 2 is 2.15 bits per heavy atom. The molecule has 0 N–H and O–H groups in total. The molecule has 68 valence electrons. The molecule has 0 unspecified atom stereocenters. The summed E-state index contributed by atoms with van der Waals surface area (Å²) >= 11 is 5.21. The summed E-state index contributed by atoms with van der Waals surface area (Å²) < 4.78 is 7.68. The second kappa shape index (κ2) is 3.31. The number of thiophene rings is 1. The van der Waals surface area contributed by atoms with E-state index in [-0.39, 0.29) is 0 Å². The Kier molecular flexibility index (Phi) is 2.30. The number of ether oxygens (including phenoxy) is 1. The van der Waals surface area contributed by atoms with Crippen molar-refractivity contribution in [1.29, 1.82) is 0 Å². The Labute approximate surface area is 89.5 Å². The molecule has 2 aromatic rings. The van der Waals surface area contributed by atoms with E-state index in [9.17, 15) is 0 Å². The first-order valence-electron chi connectivity index (χ1n) is 3.95. The third-order valence-electron chi connectivity index (χ3n) is 2.04. The molecule has 0 amide bonds. The Hall–Kier alpha value is -0.540. The minimum atomic E-state index is 0.957. The predicted octanol–water partition coefficient (Wildman–Crippen LogP) is 3.98. The highest BCUT2D eigenvalue weighted by Gasteiger charge is 2.11. The van der Waals surface area contributed by atoms with E-state index in [1.165, 1.54) is 15.6 Å². The van der Waals surface area contributed by atoms with Crippen molar-refractivity contribution in [2.24, 2.45) is 0 Å². The van der Waals surface area contributed by atoms with Crippen molar-refractivity contribution in [3.8, 4) is 5.75 Å². The van der Waals surface area contributed by atoms with E-state index in [0.717, 1.165) is 9.54 Å². The average Bonchev–Trinajstić information content (AvgIpc) is 2.42. The van der Waals surface area contributed by atoms with Gasteiger partial charge in [-0.2, -0.15) is 0 Å². The lowest BCUT2D eigenvalue weighted by atomic mass is 10.1. The van der Waals surface area contributed by atoms with Crippen LogP contribution in [-0.4, -0.2) is 7.11 Å². The van der Waals surface area contributed by atoms with Gasteiger partial charge < -0.3 is 4.74 Å². The second-order valence-electron chi connectivity index (χ2n) is 2.86. The van der Waals surface area contributed by atoms with Gasteiger partial charge in [0.05, 0.1) is 7.11 Å². The molecule has 0 fully saturated rings. The summed E-state index contributed by atoms with van der Waals surface area (Å²) in [4.78, 5) is 0. The predicted molar refractivity (Wildman–Crippen MR) is 60.8 cm³/mol. The Morgan fingerprint density at radius 1 is 1.38 bits per heavy atom. The van der Waals surface area contributed by atoms with Gasteiger partial charge in [0.2, 0.25) is 0 Å². The molecule has 2 rings (SSSR count). The van der Waals surface area contributed by atoms with Gasteiger partial charge in [-0.15, -0.1) is 11.3 Å². The highest BCUT2D eigenvalue weighted by Crippen LogP contribution is 2.42. The normalized spacial score (nSPS) is 10.7. The lowest BCUT2D eigenvalue weighted by Crippen LogP contribution is -1.82. The van der Waals surface area contributed by atoms with Gasteiger partial charge in [-0.25, -0.2) is 0 Å². The molecule has 0 saturated carbocycles. The highest BCUT2D eigenvalue weighted by atomic mass is 79.9. The van der Waals surface area contributed by atoms with E-state index in [0.29, 0.717) is 0 Å². The van der Waals surface area contributed by atoms with Crippen molar-refractivity contribution < 1.29 is 4.74 Å². The highest BCUT2D eigenvalue weighted by molar-refractivity contribution is 9.11. The van der Waals surface area contributed by atoms with Crippen LogP contribution in [0.5, 0.6) is 5.75 Å². The van der Waals surface area contributed by atoms with E-state index >= 15 is 0 Å². The number of methoxy groups -OCH3 is 1. The smallest absolute Gasteiger partial charge is 0.151 e. The summed E-state index contributed by atoms with van der Waals surface area (Å²) in [6.45, 7) is 2.10. The van der Waals surface area contributed by atoms with Crippen molar-refractivity contribution in [2.45, 2.75) is 6.92 Å². The third-order valence-corrected chi connectivity index (χ3v) is 3.81. The molecule has 3 heteroatoms. The SMILES string of the molecule is COc1c(Br)sc2cccc(C)c12. The minimum Gasteiger partial charge on any atom is -0.494 e. The van der Waals surface area contributed by atoms with Crippen LogP contribution in [0.25, 0.3) is 10.1 Å². The fraction of sp³-hybridized carbons (Fsp3) is 0.200. The van der Waals surface area contributed by atoms with Crippen LogP contribution in [0.2, 0.25) is 0 Å². The van der Waals surface area contributed by atoms with Crippen molar-refractivity contribution in [3.05, 3.63) is 27.5 Å². The van der Waals surface area contributed by atoms with Crippen LogP contribution in [0, 0.1) is 6.92 Å². The lowest BCUT2D eigenvalue weighted by molar-refractivity contribution is 0.419. The Bertz CT molecular complexity index is 447. The van der Waals surface area contributed by atoms with E-state index in [4.69, 9.17) is 4.74 Å². The summed E-state index contributed by atoms with van der Waals surface area (Å²) in [5.74, 6) is 0.957. The topological polar surface area (TPSA) is 9.23 Å². The van der Waals surface area contributed by atoms with Crippen LogP contribution >= 0.6 is 27.3 Å². The number of hydrogen-bond donors (Lipinski definition) is 0. The summed E-state index contributed by atoms with van der Waals surface area (Å²) in [5, 5.41) is 1.22. The maximum Gasteiger partial charge on any atom is 0.151 e. The zero-order valence-corrected chi connectivity index (χ0v) is 9.83. The molecular weight excluding hydrogens is 248 g/mol. The molecular formula is C10H9BrOS. The number of benzene rings is 1. The largest absolute Gasteiger partial charge is 0.494 e. The first-order valence-corrected chi connectivity index (χ1v) is 5.56. The van der Waals surface area contributed by atoms with E-state index < -0.39 is 0 Å². The number of rotatable bonds is 1. The van der Waals surface area contributed by atoms with Gasteiger partial charge in [-0.1, -0.05) is 12.1 Å². The monoisotopic (exact) mass is 256 g/mol. The van der Waals surface area contributed by atoms with Crippen LogP contribution in [0.3, 0.4) is 0 Å². The van der Waals surface area contributed by atoms with Gasteiger partial charge >= 0.3 is 0 Å². The summed E-state index contributed by atoms with van der Waals surface area (Å²) in [5.41, 5.74) is 1.26. The van der Waals surface area contributed by atoms with Crippen LogP contribution < -0.4 is 4.74 Å². The number of hydrogen-bond acceptors (Lipinski definition) is 2. The van der Waals surface area contributed by atoms with Crippen LogP contribution in [0.15, 0.2) is 22.0 Å². The van der Waals surface area contributed by atoms with Gasteiger partial charge in [-0.05, 0) is 34.5 Å². The average molecular weight is 257 g/mol. The van der Waals surface area contributed by atoms with Gasteiger partial charge in [-0.3, -0.25) is 0 Å². The van der Waals surface area contributed by atoms with Crippen molar-refractivity contribution in [1.82, 2.24) is 0 Å². The van der Waals surface area contributed by atoms with Crippen LogP contribution in [0.1, 0.15) is 5.56 Å². The molecule has 0 spiro atoms. The van der Waals surface area contributed by atoms with Gasteiger partial charge in [0.1, 0.15) is 3.79 Å². The molecule has 0 aliphatic carbocycles. The summed E-state index contributed by atoms with van der Waals surface area (Å²) in [6.07, 6.45) is 0. The maximum absolute atomic E-state index is 5.34. The fourth-order valence-corrected chi connectivity index (χ4v) is 3.30. The molecule has 0 saturated heterocycles. The lowest BCUT2D eigenvalue weighted by Gasteiger charge is -2.00. The standard InChI is InChI=1S/C10H9BrOS/c1-6-4-3-5-7-8(6)9(12-2)10(11)13-7/h3-5H,1-2H3. The van der Waals surface area contributed by atoms with E-state index in [2.05, 4.69) is 41.1 Å². The first kappa shape index (κ1) is 9.03. The molecule has 0 bridgehead atoms. The first-order chi connectivity index (χ1) is 6.24. The van der Waals surface area contributed by atoms with Gasteiger partial charge in [0.25, 0.3) is 0 Å². The molecule has 1 nitrogen and oxygen atoms in total. The van der Waals surface area contributed by atoms with Gasteiger partial charge in [0.15, 0.2) is 5.75 Å². The zero-order valence-electron chi connectivity index (χ0n) is 7.43. The van der Waals surface area contributed by atoms with E-state index in [1.807, 2.05) is 0 Å². The number of halogens is 1. The van der Waals surface area contributed by atoms with Crippen molar-refractivity contribution >= 4 is 37.4 Å². The van der Waals surface area contributed by atoms with Crippen LogP contribution in [0.4, 0.5) is 0 Å². The van der Waals surface area contributed by atoms with E-state index in [1.54, 1.807) is 18.4 Å². The summed E-state index contributed by atoms with van der Waals surface area (Å²) in [6, 6.07) is 6.28. The molecule has 1 aromatic carbocycles. The molecule has 0 aliphatic rings. The van der Waals surface area contributed by atoms with Crippen molar-refractivity contribution in [3.63, 3.8) is 0 Å². The Balaban J connectivity index is 2.88. The second-order valence-corrected chi connectivity index (χ2v) is 5.23. The van der Waals surface area contributed by atoms with Crippen molar-refractivity contribution in [2.75, 3.05) is 7.11 Å². The minimum absolute atomic E-state index is 0.957. The third kappa shape index (κ3) is 1.36. The number of fused-ring (bicyclic) bond motifs is 1. The molecule has 1 aromatic heterocycles. The molecule has 1 heterocycles. The molecule has 0 aliphatic heterocycles. The molecule has 0 radical (unpaired) electrons. The van der Waals surface area contributed by atoms with Crippen LogP contribution in [-0.2, 0) is 0 Å².